The van der Waals surface area contributed by atoms with Crippen LogP contribution in [0, 0.1) is 0 Å². The molecule has 1 rings (SSSR count). The van der Waals surface area contributed by atoms with Gasteiger partial charge in [-0.1, -0.05) is 13.3 Å². The quantitative estimate of drug-likeness (QED) is 0.538. The molecule has 0 radical (unpaired) electrons. The predicted molar refractivity (Wildman–Crippen MR) is 82.1 cm³/mol. The van der Waals surface area contributed by atoms with Gasteiger partial charge in [0, 0.05) is 24.1 Å². The van der Waals surface area contributed by atoms with Crippen LogP contribution in [-0.4, -0.2) is 25.3 Å². The zero-order chi connectivity index (χ0) is 14.8. The standard InChI is InChI=1S/C16H24N2O2/c1-3-15(19)13-8-10-14(11-9-13)18-16(20)7-5-4-6-12-17-2/h8-11,17H,3-7,12H2,1-2H3,(H,18,20). The summed E-state index contributed by atoms with van der Waals surface area (Å²) in [7, 11) is 1.93. The summed E-state index contributed by atoms with van der Waals surface area (Å²) in [6, 6.07) is 7.08. The van der Waals surface area contributed by atoms with E-state index in [9.17, 15) is 9.59 Å². The van der Waals surface area contributed by atoms with Crippen LogP contribution in [0.1, 0.15) is 49.4 Å². The second kappa shape index (κ2) is 9.26. The Kier molecular flexibility index (Phi) is 7.58. The van der Waals surface area contributed by atoms with Crippen LogP contribution in [0.4, 0.5) is 5.69 Å². The second-order valence-corrected chi connectivity index (χ2v) is 4.82. The Morgan fingerprint density at radius 3 is 2.35 bits per heavy atom. The minimum absolute atomic E-state index is 0.0315. The minimum atomic E-state index is 0.0315. The normalized spacial score (nSPS) is 10.3. The van der Waals surface area contributed by atoms with Gasteiger partial charge in [0.1, 0.15) is 0 Å². The number of amides is 1. The van der Waals surface area contributed by atoms with Crippen LogP contribution < -0.4 is 10.6 Å². The molecule has 0 aromatic heterocycles. The summed E-state index contributed by atoms with van der Waals surface area (Å²) in [5.74, 6) is 0.149. The van der Waals surface area contributed by atoms with Gasteiger partial charge >= 0.3 is 0 Å². The summed E-state index contributed by atoms with van der Waals surface area (Å²) in [5.41, 5.74) is 1.44. The highest BCUT2D eigenvalue weighted by molar-refractivity contribution is 5.97. The third-order valence-corrected chi connectivity index (χ3v) is 3.14. The van der Waals surface area contributed by atoms with Gasteiger partial charge in [0.15, 0.2) is 5.78 Å². The Morgan fingerprint density at radius 1 is 1.05 bits per heavy atom. The highest BCUT2D eigenvalue weighted by Gasteiger charge is 2.05. The van der Waals surface area contributed by atoms with Crippen molar-refractivity contribution < 1.29 is 9.59 Å². The molecule has 0 unspecified atom stereocenters. The lowest BCUT2D eigenvalue weighted by Crippen LogP contribution is -2.12. The number of benzene rings is 1. The molecule has 0 aliphatic rings. The first-order valence-electron chi connectivity index (χ1n) is 7.25. The molecule has 0 heterocycles. The molecule has 20 heavy (non-hydrogen) atoms. The molecule has 0 aliphatic heterocycles. The van der Waals surface area contributed by atoms with E-state index in [1.165, 1.54) is 0 Å². The van der Waals surface area contributed by atoms with Crippen molar-refractivity contribution in [1.82, 2.24) is 5.32 Å². The fourth-order valence-corrected chi connectivity index (χ4v) is 1.93. The van der Waals surface area contributed by atoms with Crippen LogP contribution in [0.2, 0.25) is 0 Å². The third-order valence-electron chi connectivity index (χ3n) is 3.14. The smallest absolute Gasteiger partial charge is 0.224 e. The van der Waals surface area contributed by atoms with E-state index >= 15 is 0 Å². The Morgan fingerprint density at radius 2 is 1.75 bits per heavy atom. The maximum absolute atomic E-state index is 11.7. The van der Waals surface area contributed by atoms with Crippen LogP contribution >= 0.6 is 0 Å². The predicted octanol–water partition coefficient (Wildman–Crippen LogP) is 3.00. The summed E-state index contributed by atoms with van der Waals surface area (Å²) >= 11 is 0. The number of unbranched alkanes of at least 4 members (excludes halogenated alkanes) is 2. The monoisotopic (exact) mass is 276 g/mol. The molecule has 0 aliphatic carbocycles. The van der Waals surface area contributed by atoms with Gasteiger partial charge < -0.3 is 10.6 Å². The molecule has 4 heteroatoms. The lowest BCUT2D eigenvalue weighted by molar-refractivity contribution is -0.116. The van der Waals surface area contributed by atoms with Gasteiger partial charge in [0.05, 0.1) is 0 Å². The fourth-order valence-electron chi connectivity index (χ4n) is 1.93. The van der Waals surface area contributed by atoms with E-state index in [-0.39, 0.29) is 11.7 Å². The Labute approximate surface area is 121 Å². The first kappa shape index (κ1) is 16.4. The number of carbonyl (C=O) groups is 2. The van der Waals surface area contributed by atoms with Crippen molar-refractivity contribution in [3.05, 3.63) is 29.8 Å². The van der Waals surface area contributed by atoms with Crippen LogP contribution in [0.3, 0.4) is 0 Å². The molecule has 0 fully saturated rings. The van der Waals surface area contributed by atoms with Crippen molar-refractivity contribution in [1.29, 1.82) is 0 Å². The molecule has 0 saturated carbocycles. The lowest BCUT2D eigenvalue weighted by atomic mass is 10.1. The largest absolute Gasteiger partial charge is 0.326 e. The molecule has 0 saturated heterocycles. The van der Waals surface area contributed by atoms with Crippen LogP contribution in [-0.2, 0) is 4.79 Å². The van der Waals surface area contributed by atoms with Gasteiger partial charge in [-0.3, -0.25) is 9.59 Å². The number of Topliss-reactive ketones (excluding diaryl/α,β-unsaturated/α-hetero) is 1. The highest BCUT2D eigenvalue weighted by atomic mass is 16.1. The van der Waals surface area contributed by atoms with Gasteiger partial charge in [0.25, 0.3) is 0 Å². The summed E-state index contributed by atoms with van der Waals surface area (Å²) in [4.78, 5) is 23.2. The van der Waals surface area contributed by atoms with Gasteiger partial charge in [0.2, 0.25) is 5.91 Å². The molecule has 1 aromatic carbocycles. The van der Waals surface area contributed by atoms with Crippen molar-refractivity contribution in [3.63, 3.8) is 0 Å². The second-order valence-electron chi connectivity index (χ2n) is 4.82. The summed E-state index contributed by atoms with van der Waals surface area (Å²) in [6.45, 7) is 2.83. The van der Waals surface area contributed by atoms with Crippen LogP contribution in [0.15, 0.2) is 24.3 Å². The molecular formula is C16H24N2O2. The highest BCUT2D eigenvalue weighted by Crippen LogP contribution is 2.12. The maximum atomic E-state index is 11.7. The van der Waals surface area contributed by atoms with Crippen LogP contribution in [0.25, 0.3) is 0 Å². The molecule has 1 aromatic rings. The molecule has 0 atom stereocenters. The average molecular weight is 276 g/mol. The number of hydrogen-bond donors (Lipinski definition) is 2. The van der Waals surface area contributed by atoms with Crippen molar-refractivity contribution in [2.45, 2.75) is 39.0 Å². The fraction of sp³-hybridized carbons (Fsp3) is 0.500. The zero-order valence-corrected chi connectivity index (χ0v) is 12.4. The number of carbonyl (C=O) groups excluding carboxylic acids is 2. The molecular weight excluding hydrogens is 252 g/mol. The topological polar surface area (TPSA) is 58.2 Å². The molecule has 1 amide bonds. The Hall–Kier alpha value is -1.68. The molecule has 0 spiro atoms. The van der Waals surface area contributed by atoms with E-state index in [1.54, 1.807) is 24.3 Å². The maximum Gasteiger partial charge on any atom is 0.224 e. The number of anilines is 1. The van der Waals surface area contributed by atoms with E-state index < -0.39 is 0 Å². The van der Waals surface area contributed by atoms with E-state index in [2.05, 4.69) is 10.6 Å². The molecule has 4 nitrogen and oxygen atoms in total. The lowest BCUT2D eigenvalue weighted by Gasteiger charge is -2.06. The van der Waals surface area contributed by atoms with E-state index in [0.717, 1.165) is 31.5 Å². The number of nitrogens with one attached hydrogen (secondary N) is 2. The van der Waals surface area contributed by atoms with Gasteiger partial charge in [-0.25, -0.2) is 0 Å². The third kappa shape index (κ3) is 5.97. The Bertz CT molecular complexity index is 427. The van der Waals surface area contributed by atoms with E-state index in [4.69, 9.17) is 0 Å². The van der Waals surface area contributed by atoms with Crippen molar-refractivity contribution in [3.8, 4) is 0 Å². The number of hydrogen-bond acceptors (Lipinski definition) is 3. The van der Waals surface area contributed by atoms with Gasteiger partial charge in [-0.05, 0) is 50.7 Å². The first-order valence-corrected chi connectivity index (χ1v) is 7.25. The first-order chi connectivity index (χ1) is 9.67. The van der Waals surface area contributed by atoms with Gasteiger partial charge in [-0.2, -0.15) is 0 Å². The average Bonchev–Trinajstić information content (AvgIpc) is 2.47. The summed E-state index contributed by atoms with van der Waals surface area (Å²) in [5, 5.41) is 5.94. The van der Waals surface area contributed by atoms with Crippen molar-refractivity contribution in [2.24, 2.45) is 0 Å². The minimum Gasteiger partial charge on any atom is -0.326 e. The zero-order valence-electron chi connectivity index (χ0n) is 12.4. The van der Waals surface area contributed by atoms with E-state index in [1.807, 2.05) is 14.0 Å². The van der Waals surface area contributed by atoms with Crippen molar-refractivity contribution >= 4 is 17.4 Å². The molecule has 2 N–H and O–H groups in total. The van der Waals surface area contributed by atoms with Crippen molar-refractivity contribution in [2.75, 3.05) is 18.9 Å². The SMILES string of the molecule is CCC(=O)c1ccc(NC(=O)CCCCCNC)cc1. The van der Waals surface area contributed by atoms with Gasteiger partial charge in [-0.15, -0.1) is 0 Å². The molecule has 110 valence electrons. The summed E-state index contributed by atoms with van der Waals surface area (Å²) < 4.78 is 0. The molecule has 0 bridgehead atoms. The summed E-state index contributed by atoms with van der Waals surface area (Å²) in [6.07, 6.45) is 4.09. The van der Waals surface area contributed by atoms with E-state index in [0.29, 0.717) is 18.4 Å². The number of ketones is 1. The van der Waals surface area contributed by atoms with Crippen LogP contribution in [0.5, 0.6) is 0 Å². The number of rotatable bonds is 9. The Balaban J connectivity index is 2.33.